The average Bonchev–Trinajstić information content (AvgIpc) is 3.03. The summed E-state index contributed by atoms with van der Waals surface area (Å²) < 4.78 is 2.32. The Balaban J connectivity index is 1.38. The van der Waals surface area contributed by atoms with Gasteiger partial charge in [-0.25, -0.2) is 0 Å². The monoisotopic (exact) mass is 354 g/mol. The first kappa shape index (κ1) is 16.4. The van der Waals surface area contributed by atoms with Gasteiger partial charge in [-0.15, -0.1) is 0 Å². The third-order valence-electron chi connectivity index (χ3n) is 5.10. The first-order valence-electron chi connectivity index (χ1n) is 8.84. The van der Waals surface area contributed by atoms with E-state index in [1.165, 1.54) is 16.6 Å². The molecule has 1 fully saturated rings. The summed E-state index contributed by atoms with van der Waals surface area (Å²) in [5.74, 6) is 0. The van der Waals surface area contributed by atoms with Gasteiger partial charge in [0.25, 0.3) is 0 Å². The molecule has 3 heterocycles. The van der Waals surface area contributed by atoms with E-state index in [4.69, 9.17) is 11.6 Å². The van der Waals surface area contributed by atoms with E-state index in [-0.39, 0.29) is 0 Å². The van der Waals surface area contributed by atoms with Crippen molar-refractivity contribution in [2.24, 2.45) is 0 Å². The van der Waals surface area contributed by atoms with Gasteiger partial charge in [-0.3, -0.25) is 9.88 Å². The molecule has 5 heteroatoms. The van der Waals surface area contributed by atoms with Gasteiger partial charge in [-0.05, 0) is 43.3 Å². The van der Waals surface area contributed by atoms with Crippen molar-refractivity contribution in [3.63, 3.8) is 0 Å². The van der Waals surface area contributed by atoms with Crippen LogP contribution in [-0.4, -0.2) is 46.7 Å². The van der Waals surface area contributed by atoms with Crippen molar-refractivity contribution < 1.29 is 0 Å². The zero-order chi connectivity index (χ0) is 17.2. The second-order valence-corrected chi connectivity index (χ2v) is 7.20. The van der Waals surface area contributed by atoms with Crippen molar-refractivity contribution in [1.82, 2.24) is 14.5 Å². The molecule has 1 unspecified atom stereocenters. The molecule has 0 radical (unpaired) electrons. The van der Waals surface area contributed by atoms with Crippen LogP contribution in [0, 0.1) is 0 Å². The van der Waals surface area contributed by atoms with Crippen LogP contribution >= 0.6 is 11.6 Å². The quantitative estimate of drug-likeness (QED) is 0.710. The lowest BCUT2D eigenvalue weighted by atomic mass is 10.1. The van der Waals surface area contributed by atoms with Gasteiger partial charge < -0.3 is 9.47 Å². The summed E-state index contributed by atoms with van der Waals surface area (Å²) in [6.45, 7) is 7.63. The Morgan fingerprint density at radius 3 is 2.72 bits per heavy atom. The first-order chi connectivity index (χ1) is 12.2. The topological polar surface area (TPSA) is 24.3 Å². The number of hydrogen-bond donors (Lipinski definition) is 0. The largest absolute Gasteiger partial charge is 0.366 e. The predicted molar refractivity (Wildman–Crippen MR) is 104 cm³/mol. The molecule has 0 N–H and O–H groups in total. The smallest absolute Gasteiger partial charge is 0.0481 e. The summed E-state index contributed by atoms with van der Waals surface area (Å²) in [6, 6.07) is 13.0. The van der Waals surface area contributed by atoms with Crippen molar-refractivity contribution in [2.45, 2.75) is 19.5 Å². The van der Waals surface area contributed by atoms with E-state index in [0.29, 0.717) is 6.04 Å². The zero-order valence-corrected chi connectivity index (χ0v) is 15.2. The van der Waals surface area contributed by atoms with Crippen molar-refractivity contribution >= 4 is 28.2 Å². The Hall–Kier alpha value is -2.04. The van der Waals surface area contributed by atoms with Crippen molar-refractivity contribution in [3.8, 4) is 0 Å². The Morgan fingerprint density at radius 1 is 1.08 bits per heavy atom. The second-order valence-electron chi connectivity index (χ2n) is 6.76. The number of hydrogen-bond acceptors (Lipinski definition) is 3. The van der Waals surface area contributed by atoms with Crippen molar-refractivity contribution in [3.05, 3.63) is 60.0 Å². The van der Waals surface area contributed by atoms with Crippen molar-refractivity contribution in [2.75, 3.05) is 31.1 Å². The van der Waals surface area contributed by atoms with Gasteiger partial charge in [0.05, 0.1) is 0 Å². The van der Waals surface area contributed by atoms with Crippen LogP contribution in [0.4, 0.5) is 5.69 Å². The fraction of sp³-hybridized carbons (Fsp3) is 0.350. The van der Waals surface area contributed by atoms with Gasteiger partial charge in [-0.1, -0.05) is 11.6 Å². The van der Waals surface area contributed by atoms with E-state index in [1.54, 1.807) is 0 Å². The van der Waals surface area contributed by atoms with Gasteiger partial charge in [0.1, 0.15) is 0 Å². The van der Waals surface area contributed by atoms with Gasteiger partial charge in [-0.2, -0.15) is 0 Å². The normalized spacial score (nSPS) is 18.8. The number of benzene rings is 1. The van der Waals surface area contributed by atoms with Gasteiger partial charge >= 0.3 is 0 Å². The molecule has 0 spiro atoms. The summed E-state index contributed by atoms with van der Waals surface area (Å²) >= 11 is 6.08. The SMILES string of the molecule is CC1CN(CCn2ccc3cc(Cl)ccc32)CCN1c1ccncc1. The second kappa shape index (κ2) is 7.06. The molecular weight excluding hydrogens is 332 g/mol. The Morgan fingerprint density at radius 2 is 1.92 bits per heavy atom. The minimum atomic E-state index is 0.511. The summed E-state index contributed by atoms with van der Waals surface area (Å²) in [7, 11) is 0. The third-order valence-corrected chi connectivity index (χ3v) is 5.33. The number of piperazine rings is 1. The van der Waals surface area contributed by atoms with Crippen LogP contribution < -0.4 is 4.90 Å². The van der Waals surface area contributed by atoms with E-state index < -0.39 is 0 Å². The lowest BCUT2D eigenvalue weighted by Gasteiger charge is -2.41. The zero-order valence-electron chi connectivity index (χ0n) is 14.5. The molecule has 130 valence electrons. The number of halogens is 1. The molecule has 4 rings (SSSR count). The van der Waals surface area contributed by atoms with Crippen LogP contribution in [0.15, 0.2) is 55.0 Å². The lowest BCUT2D eigenvalue weighted by Crippen LogP contribution is -2.52. The highest BCUT2D eigenvalue weighted by Gasteiger charge is 2.23. The van der Waals surface area contributed by atoms with Gasteiger partial charge in [0.2, 0.25) is 0 Å². The maximum atomic E-state index is 6.08. The van der Waals surface area contributed by atoms with Gasteiger partial charge in [0.15, 0.2) is 0 Å². The molecule has 3 aromatic rings. The minimum Gasteiger partial charge on any atom is -0.366 e. The summed E-state index contributed by atoms with van der Waals surface area (Å²) in [4.78, 5) is 9.16. The Labute approximate surface area is 153 Å². The number of aromatic nitrogens is 2. The van der Waals surface area contributed by atoms with Crippen LogP contribution in [0.25, 0.3) is 10.9 Å². The highest BCUT2D eigenvalue weighted by molar-refractivity contribution is 6.31. The van der Waals surface area contributed by atoms with E-state index in [2.05, 4.69) is 56.7 Å². The molecule has 25 heavy (non-hydrogen) atoms. The fourth-order valence-electron chi connectivity index (χ4n) is 3.77. The molecular formula is C20H23ClN4. The molecule has 1 saturated heterocycles. The van der Waals surface area contributed by atoms with E-state index in [9.17, 15) is 0 Å². The number of pyridine rings is 1. The van der Waals surface area contributed by atoms with Crippen LogP contribution in [0.3, 0.4) is 0 Å². The fourth-order valence-corrected chi connectivity index (χ4v) is 3.95. The lowest BCUT2D eigenvalue weighted by molar-refractivity contribution is 0.222. The van der Waals surface area contributed by atoms with E-state index >= 15 is 0 Å². The molecule has 1 aliphatic rings. The van der Waals surface area contributed by atoms with Gasteiger partial charge in [0, 0.05) is 79.0 Å². The predicted octanol–water partition coefficient (Wildman–Crippen LogP) is 3.90. The van der Waals surface area contributed by atoms with Crippen LogP contribution in [0.2, 0.25) is 5.02 Å². The number of anilines is 1. The number of fused-ring (bicyclic) bond motifs is 1. The molecule has 1 aromatic carbocycles. The molecule has 1 atom stereocenters. The molecule has 1 aliphatic heterocycles. The minimum absolute atomic E-state index is 0.511. The van der Waals surface area contributed by atoms with E-state index in [0.717, 1.165) is 37.7 Å². The molecule has 0 amide bonds. The van der Waals surface area contributed by atoms with E-state index in [1.807, 2.05) is 24.5 Å². The van der Waals surface area contributed by atoms with Crippen molar-refractivity contribution in [1.29, 1.82) is 0 Å². The summed E-state index contributed by atoms with van der Waals surface area (Å²) in [5.41, 5.74) is 2.53. The first-order valence-corrected chi connectivity index (χ1v) is 9.22. The standard InChI is InChI=1S/C20H23ClN4/c1-16-15-23(11-13-25(16)19-4-7-22-8-5-19)10-12-24-9-6-17-14-18(21)2-3-20(17)24/h2-9,14,16H,10-13,15H2,1H3. The van der Waals surface area contributed by atoms with Crippen LogP contribution in [-0.2, 0) is 6.54 Å². The summed E-state index contributed by atoms with van der Waals surface area (Å²) in [6.07, 6.45) is 5.91. The van der Waals surface area contributed by atoms with Crippen LogP contribution in [0.1, 0.15) is 6.92 Å². The Kier molecular flexibility index (Phi) is 4.64. The third kappa shape index (κ3) is 3.51. The maximum Gasteiger partial charge on any atom is 0.0481 e. The highest BCUT2D eigenvalue weighted by atomic mass is 35.5. The summed E-state index contributed by atoms with van der Waals surface area (Å²) in [5, 5.41) is 2.01. The highest BCUT2D eigenvalue weighted by Crippen LogP contribution is 2.22. The molecule has 2 aromatic heterocycles. The maximum absolute atomic E-state index is 6.08. The average molecular weight is 355 g/mol. The number of nitrogens with zero attached hydrogens (tertiary/aromatic N) is 4. The molecule has 0 saturated carbocycles. The molecule has 0 aliphatic carbocycles. The Bertz CT molecular complexity index is 845. The molecule has 4 nitrogen and oxygen atoms in total. The van der Waals surface area contributed by atoms with Crippen LogP contribution in [0.5, 0.6) is 0 Å². The number of rotatable bonds is 4. The molecule has 0 bridgehead atoms.